The van der Waals surface area contributed by atoms with Crippen molar-refractivity contribution in [3.05, 3.63) is 0 Å². The van der Waals surface area contributed by atoms with E-state index in [4.69, 9.17) is 5.11 Å². The van der Waals surface area contributed by atoms with Gasteiger partial charge in [-0.05, 0) is 34.6 Å². The Morgan fingerprint density at radius 1 is 1.06 bits per heavy atom. The standard InChI is InChI=1S/C5H10O2.C5H10O.C4H8O/c1-4(6)5(2,3)7;1-4(2)5(3)6;1-3-4(2)5/h7H,1-3H3;4H,1-3H3;3H2,1-2H3. The highest BCUT2D eigenvalue weighted by atomic mass is 16.3. The van der Waals surface area contributed by atoms with Gasteiger partial charge in [0.2, 0.25) is 0 Å². The van der Waals surface area contributed by atoms with Crippen LogP contribution in [0, 0.1) is 5.92 Å². The van der Waals surface area contributed by atoms with Crippen LogP contribution in [0.5, 0.6) is 0 Å². The SMILES string of the molecule is CC(=O)C(C)(C)O.CC(=O)C(C)C.CCC(C)=O. The predicted octanol–water partition coefficient (Wildman–Crippen LogP) is 2.56. The largest absolute Gasteiger partial charge is 0.383 e. The Bertz CT molecular complexity index is 259. The molecule has 0 amide bonds. The van der Waals surface area contributed by atoms with Crippen molar-refractivity contribution >= 4 is 17.3 Å². The second-order valence-corrected chi connectivity index (χ2v) is 4.94. The Hall–Kier alpha value is -1.03. The van der Waals surface area contributed by atoms with Gasteiger partial charge in [0, 0.05) is 12.3 Å². The molecule has 0 spiro atoms. The average Bonchev–Trinajstić information content (AvgIpc) is 2.17. The van der Waals surface area contributed by atoms with E-state index >= 15 is 0 Å². The molecule has 0 aliphatic carbocycles. The van der Waals surface area contributed by atoms with Gasteiger partial charge in [-0.2, -0.15) is 0 Å². The molecule has 0 radical (unpaired) electrons. The molecule has 0 aliphatic heterocycles. The maximum atomic E-state index is 10.2. The minimum Gasteiger partial charge on any atom is -0.383 e. The molecule has 0 rings (SSSR count). The quantitative estimate of drug-likeness (QED) is 0.846. The summed E-state index contributed by atoms with van der Waals surface area (Å²) in [4.78, 5) is 30.2. The highest BCUT2D eigenvalue weighted by molar-refractivity contribution is 5.83. The summed E-state index contributed by atoms with van der Waals surface area (Å²) < 4.78 is 0. The van der Waals surface area contributed by atoms with Gasteiger partial charge >= 0.3 is 0 Å². The topological polar surface area (TPSA) is 71.4 Å². The summed E-state index contributed by atoms with van der Waals surface area (Å²) >= 11 is 0. The molecule has 0 bridgehead atoms. The third-order valence-electron chi connectivity index (χ3n) is 2.17. The van der Waals surface area contributed by atoms with Crippen molar-refractivity contribution in [3.8, 4) is 0 Å². The fourth-order valence-electron chi connectivity index (χ4n) is 0. The normalized spacial score (nSPS) is 9.67. The van der Waals surface area contributed by atoms with E-state index in [0.29, 0.717) is 6.42 Å². The molecule has 0 aromatic heterocycles. The molecule has 4 heteroatoms. The summed E-state index contributed by atoms with van der Waals surface area (Å²) in [5, 5.41) is 8.75. The van der Waals surface area contributed by atoms with E-state index in [9.17, 15) is 14.4 Å². The summed E-state index contributed by atoms with van der Waals surface area (Å²) in [5.74, 6) is 0.525. The summed E-state index contributed by atoms with van der Waals surface area (Å²) in [7, 11) is 0. The fourth-order valence-corrected chi connectivity index (χ4v) is 0. The third-order valence-corrected chi connectivity index (χ3v) is 2.17. The van der Waals surface area contributed by atoms with E-state index in [0.717, 1.165) is 0 Å². The predicted molar refractivity (Wildman–Crippen MR) is 73.5 cm³/mol. The number of hydrogen-bond donors (Lipinski definition) is 1. The third kappa shape index (κ3) is 24.3. The molecule has 108 valence electrons. The van der Waals surface area contributed by atoms with Crippen molar-refractivity contribution in [2.45, 2.75) is 67.4 Å². The van der Waals surface area contributed by atoms with Crippen molar-refractivity contribution in [2.75, 3.05) is 0 Å². The molecular weight excluding hydrogens is 232 g/mol. The van der Waals surface area contributed by atoms with E-state index < -0.39 is 5.60 Å². The molecule has 1 N–H and O–H groups in total. The molecule has 0 unspecified atom stereocenters. The lowest BCUT2D eigenvalue weighted by Gasteiger charge is -2.10. The van der Waals surface area contributed by atoms with Crippen LogP contribution < -0.4 is 0 Å². The Morgan fingerprint density at radius 2 is 1.22 bits per heavy atom. The number of carbonyl (C=O) groups excluding carboxylic acids is 3. The summed E-state index contributed by atoms with van der Waals surface area (Å²) in [6.07, 6.45) is 0.667. The van der Waals surface area contributed by atoms with Crippen LogP contribution in [-0.2, 0) is 14.4 Å². The molecule has 0 atom stereocenters. The van der Waals surface area contributed by atoms with Gasteiger partial charge in [0.15, 0.2) is 5.78 Å². The minimum atomic E-state index is -1.14. The number of aliphatic hydroxyl groups is 1. The van der Waals surface area contributed by atoms with Crippen LogP contribution in [-0.4, -0.2) is 28.1 Å². The molecule has 0 aromatic rings. The summed E-state index contributed by atoms with van der Waals surface area (Å²) in [6.45, 7) is 13.1. The first-order chi connectivity index (χ1) is 7.86. The van der Waals surface area contributed by atoms with Crippen molar-refractivity contribution in [1.29, 1.82) is 0 Å². The van der Waals surface area contributed by atoms with Crippen LogP contribution in [0.15, 0.2) is 0 Å². The van der Waals surface area contributed by atoms with Gasteiger partial charge in [-0.25, -0.2) is 0 Å². The molecule has 0 heterocycles. The fraction of sp³-hybridized carbons (Fsp3) is 0.786. The number of hydrogen-bond acceptors (Lipinski definition) is 4. The average molecular weight is 260 g/mol. The molecule has 18 heavy (non-hydrogen) atoms. The summed E-state index contributed by atoms with van der Waals surface area (Å²) in [5.41, 5.74) is -1.14. The van der Waals surface area contributed by atoms with Crippen LogP contribution in [0.25, 0.3) is 0 Å². The van der Waals surface area contributed by atoms with E-state index in [1.54, 1.807) is 13.8 Å². The van der Waals surface area contributed by atoms with Gasteiger partial charge in [-0.15, -0.1) is 0 Å². The Kier molecular flexibility index (Phi) is 13.7. The molecular formula is C14H28O4. The van der Waals surface area contributed by atoms with Crippen LogP contribution in [0.2, 0.25) is 0 Å². The second-order valence-electron chi connectivity index (χ2n) is 4.94. The molecule has 0 fully saturated rings. The zero-order valence-corrected chi connectivity index (χ0v) is 13.0. The van der Waals surface area contributed by atoms with Crippen molar-refractivity contribution in [3.63, 3.8) is 0 Å². The summed E-state index contributed by atoms with van der Waals surface area (Å²) in [6, 6.07) is 0. The minimum absolute atomic E-state index is 0.201. The smallest absolute Gasteiger partial charge is 0.160 e. The highest BCUT2D eigenvalue weighted by Crippen LogP contribution is 1.99. The van der Waals surface area contributed by atoms with Gasteiger partial charge < -0.3 is 9.90 Å². The van der Waals surface area contributed by atoms with Crippen molar-refractivity contribution in [2.24, 2.45) is 5.92 Å². The zero-order chi connectivity index (χ0) is 15.5. The maximum absolute atomic E-state index is 10.2. The molecule has 4 nitrogen and oxygen atoms in total. The van der Waals surface area contributed by atoms with Crippen LogP contribution in [0.3, 0.4) is 0 Å². The van der Waals surface area contributed by atoms with E-state index in [2.05, 4.69) is 0 Å². The zero-order valence-electron chi connectivity index (χ0n) is 13.0. The lowest BCUT2D eigenvalue weighted by molar-refractivity contribution is -0.131. The first-order valence-corrected chi connectivity index (χ1v) is 6.09. The Morgan fingerprint density at radius 3 is 1.22 bits per heavy atom. The van der Waals surface area contributed by atoms with Gasteiger partial charge in [0.25, 0.3) is 0 Å². The first kappa shape index (κ1) is 22.2. The van der Waals surface area contributed by atoms with Gasteiger partial charge in [-0.3, -0.25) is 9.59 Å². The van der Waals surface area contributed by atoms with Crippen LogP contribution >= 0.6 is 0 Å². The van der Waals surface area contributed by atoms with Crippen molar-refractivity contribution in [1.82, 2.24) is 0 Å². The molecule has 0 saturated heterocycles. The molecule has 0 aromatic carbocycles. The van der Waals surface area contributed by atoms with Crippen molar-refractivity contribution < 1.29 is 19.5 Å². The number of Topliss-reactive ketones (excluding diaryl/α,β-unsaturated/α-hetero) is 3. The Labute approximate surface area is 111 Å². The number of ketones is 3. The first-order valence-electron chi connectivity index (χ1n) is 6.09. The lowest BCUT2D eigenvalue weighted by Crippen LogP contribution is -2.27. The molecule has 0 aliphatic rings. The number of rotatable bonds is 3. The van der Waals surface area contributed by atoms with E-state index in [-0.39, 0.29) is 23.3 Å². The number of carbonyl (C=O) groups is 3. The molecule has 0 saturated carbocycles. The van der Waals surface area contributed by atoms with E-state index in [1.807, 2.05) is 20.8 Å². The van der Waals surface area contributed by atoms with Gasteiger partial charge in [-0.1, -0.05) is 20.8 Å². The maximum Gasteiger partial charge on any atom is 0.160 e. The second kappa shape index (κ2) is 11.1. The van der Waals surface area contributed by atoms with Crippen LogP contribution in [0.4, 0.5) is 0 Å². The van der Waals surface area contributed by atoms with E-state index in [1.165, 1.54) is 20.8 Å². The highest BCUT2D eigenvalue weighted by Gasteiger charge is 2.17. The Balaban J connectivity index is -0.000000190. The monoisotopic (exact) mass is 260 g/mol. The van der Waals surface area contributed by atoms with Gasteiger partial charge in [0.1, 0.15) is 17.2 Å². The lowest BCUT2D eigenvalue weighted by atomic mass is 10.1. The van der Waals surface area contributed by atoms with Gasteiger partial charge in [0.05, 0.1) is 0 Å². The van der Waals surface area contributed by atoms with Crippen LogP contribution in [0.1, 0.15) is 61.8 Å².